The van der Waals surface area contributed by atoms with Crippen molar-refractivity contribution in [3.63, 3.8) is 0 Å². The van der Waals surface area contributed by atoms with E-state index in [9.17, 15) is 9.90 Å². The van der Waals surface area contributed by atoms with Crippen molar-refractivity contribution in [2.45, 2.75) is 84.1 Å². The molecular weight excluding hydrogens is 386 g/mol. The summed E-state index contributed by atoms with van der Waals surface area (Å²) >= 11 is 1.68. The number of nitrogens with zero attached hydrogens (tertiary/aromatic N) is 3. The highest BCUT2D eigenvalue weighted by atomic mass is 32.1. The molecule has 1 aliphatic heterocycles. The Balaban J connectivity index is 1.74. The van der Waals surface area contributed by atoms with Crippen LogP contribution in [0.2, 0.25) is 0 Å². The van der Waals surface area contributed by atoms with E-state index in [1.54, 1.807) is 23.3 Å². The van der Waals surface area contributed by atoms with Gasteiger partial charge < -0.3 is 14.8 Å². The zero-order chi connectivity index (χ0) is 21.0. The van der Waals surface area contributed by atoms with E-state index in [-0.39, 0.29) is 11.5 Å². The average molecular weight is 422 g/mol. The molecule has 1 N–H and O–H groups in total. The molecule has 0 aromatic carbocycles. The molecular formula is C22H35N3O3S. The van der Waals surface area contributed by atoms with E-state index in [2.05, 4.69) is 31.3 Å². The van der Waals surface area contributed by atoms with Crippen LogP contribution < -0.4 is 0 Å². The first-order valence-electron chi connectivity index (χ1n) is 10.8. The number of hydrogen-bond donors (Lipinski definition) is 1. The molecule has 1 aromatic rings. The molecule has 7 heteroatoms. The number of hydrogen-bond acceptors (Lipinski definition) is 5. The van der Waals surface area contributed by atoms with Crippen molar-refractivity contribution in [2.24, 2.45) is 16.5 Å². The highest BCUT2D eigenvalue weighted by Gasteiger charge is 2.39. The van der Waals surface area contributed by atoms with Gasteiger partial charge in [0.25, 0.3) is 0 Å². The number of amides is 1. The van der Waals surface area contributed by atoms with E-state index in [0.717, 1.165) is 35.7 Å². The van der Waals surface area contributed by atoms with Crippen LogP contribution in [0.5, 0.6) is 0 Å². The number of thiazole rings is 1. The molecule has 2 aliphatic rings. The van der Waals surface area contributed by atoms with Gasteiger partial charge in [0.15, 0.2) is 0 Å². The maximum Gasteiger partial charge on any atom is 0.407 e. The van der Waals surface area contributed by atoms with Gasteiger partial charge in [-0.25, -0.2) is 9.78 Å². The summed E-state index contributed by atoms with van der Waals surface area (Å²) in [5.41, 5.74) is 1.79. The van der Waals surface area contributed by atoms with Crippen LogP contribution in [-0.2, 0) is 4.84 Å². The van der Waals surface area contributed by atoms with Gasteiger partial charge in [-0.15, -0.1) is 11.3 Å². The molecule has 1 amide bonds. The quantitative estimate of drug-likeness (QED) is 0.486. The molecule has 6 nitrogen and oxygen atoms in total. The highest BCUT2D eigenvalue weighted by molar-refractivity contribution is 7.10. The molecule has 162 valence electrons. The summed E-state index contributed by atoms with van der Waals surface area (Å²) in [7, 11) is 1.60. The molecule has 1 aliphatic carbocycles. The molecule has 29 heavy (non-hydrogen) atoms. The van der Waals surface area contributed by atoms with E-state index in [4.69, 9.17) is 9.82 Å². The predicted molar refractivity (Wildman–Crippen MR) is 117 cm³/mol. The number of oxime groups is 1. The first-order valence-corrected chi connectivity index (χ1v) is 11.7. The van der Waals surface area contributed by atoms with Gasteiger partial charge in [-0.1, -0.05) is 58.0 Å². The second kappa shape index (κ2) is 9.45. The lowest BCUT2D eigenvalue weighted by atomic mass is 9.77. The summed E-state index contributed by atoms with van der Waals surface area (Å²) < 4.78 is 0. The first-order chi connectivity index (χ1) is 13.8. The normalized spacial score (nSPS) is 24.6. The molecule has 0 spiro atoms. The Hall–Kier alpha value is -1.63. The fraction of sp³-hybridized carbons (Fsp3) is 0.773. The van der Waals surface area contributed by atoms with Crippen LogP contribution in [0.3, 0.4) is 0 Å². The third-order valence-electron chi connectivity index (χ3n) is 6.42. The monoisotopic (exact) mass is 421 g/mol. The zero-order valence-corrected chi connectivity index (χ0v) is 19.0. The summed E-state index contributed by atoms with van der Waals surface area (Å²) in [6.45, 7) is 6.93. The first kappa shape index (κ1) is 22.1. The van der Waals surface area contributed by atoms with Gasteiger partial charge in [-0.05, 0) is 30.6 Å². The molecule has 1 saturated heterocycles. The van der Waals surface area contributed by atoms with Crippen LogP contribution in [0.4, 0.5) is 4.79 Å². The molecule has 0 bridgehead atoms. The lowest BCUT2D eigenvalue weighted by Crippen LogP contribution is -2.51. The van der Waals surface area contributed by atoms with E-state index >= 15 is 0 Å². The highest BCUT2D eigenvalue weighted by Crippen LogP contribution is 2.40. The maximum absolute atomic E-state index is 11.7. The summed E-state index contributed by atoms with van der Waals surface area (Å²) in [5, 5.41) is 17.1. The third-order valence-corrected chi connectivity index (χ3v) is 7.43. The second-order valence-corrected chi connectivity index (χ2v) is 10.5. The van der Waals surface area contributed by atoms with Crippen LogP contribution in [0.25, 0.3) is 0 Å². The van der Waals surface area contributed by atoms with Crippen LogP contribution in [0.1, 0.15) is 88.8 Å². The van der Waals surface area contributed by atoms with Crippen molar-refractivity contribution in [3.8, 4) is 0 Å². The molecule has 2 fully saturated rings. The fourth-order valence-corrected chi connectivity index (χ4v) is 5.79. The summed E-state index contributed by atoms with van der Waals surface area (Å²) in [4.78, 5) is 23.4. The number of rotatable bonds is 5. The average Bonchev–Trinajstić information content (AvgIpc) is 3.17. The Morgan fingerprint density at radius 3 is 2.66 bits per heavy atom. The number of carboxylic acid groups (broad SMARTS) is 1. The van der Waals surface area contributed by atoms with Crippen molar-refractivity contribution in [1.29, 1.82) is 0 Å². The summed E-state index contributed by atoms with van der Waals surface area (Å²) in [6.07, 6.45) is 8.25. The number of likely N-dealkylation sites (tertiary alicyclic amines) is 1. The van der Waals surface area contributed by atoms with E-state index in [1.807, 2.05) is 0 Å². The number of carbonyl (C=O) groups is 1. The minimum atomic E-state index is -0.815. The Morgan fingerprint density at radius 1 is 1.31 bits per heavy atom. The van der Waals surface area contributed by atoms with E-state index in [1.165, 1.54) is 32.1 Å². The Bertz CT molecular complexity index is 719. The maximum atomic E-state index is 11.7. The van der Waals surface area contributed by atoms with Crippen molar-refractivity contribution < 1.29 is 14.7 Å². The van der Waals surface area contributed by atoms with Crippen LogP contribution in [0.15, 0.2) is 10.5 Å². The molecule has 1 saturated carbocycles. The van der Waals surface area contributed by atoms with Gasteiger partial charge in [0.1, 0.15) is 12.8 Å². The molecule has 3 rings (SSSR count). The van der Waals surface area contributed by atoms with Gasteiger partial charge in [-0.2, -0.15) is 0 Å². The molecule has 2 heterocycles. The van der Waals surface area contributed by atoms with E-state index < -0.39 is 6.09 Å². The molecule has 1 aromatic heterocycles. The van der Waals surface area contributed by atoms with Crippen molar-refractivity contribution >= 4 is 23.1 Å². The van der Waals surface area contributed by atoms with Gasteiger partial charge in [0.05, 0.1) is 10.7 Å². The smallest absolute Gasteiger partial charge is 0.407 e. The SMILES string of the molecule is CON=C(CC1CCCCC1)c1csc(C2CCN(C(=O)O)C(C(C)(C)C)C2)n1. The van der Waals surface area contributed by atoms with Gasteiger partial charge in [-0.3, -0.25) is 0 Å². The van der Waals surface area contributed by atoms with Crippen molar-refractivity contribution in [2.75, 3.05) is 13.7 Å². The Morgan fingerprint density at radius 2 is 2.03 bits per heavy atom. The molecule has 2 unspecified atom stereocenters. The minimum absolute atomic E-state index is 0.000418. The zero-order valence-electron chi connectivity index (χ0n) is 18.2. The lowest BCUT2D eigenvalue weighted by molar-refractivity contribution is 0.0525. The summed E-state index contributed by atoms with van der Waals surface area (Å²) in [6, 6.07) is 0.000418. The lowest BCUT2D eigenvalue weighted by Gasteiger charge is -2.44. The van der Waals surface area contributed by atoms with Crippen LogP contribution in [0, 0.1) is 11.3 Å². The summed E-state index contributed by atoms with van der Waals surface area (Å²) in [5.74, 6) is 0.971. The van der Waals surface area contributed by atoms with E-state index in [0.29, 0.717) is 18.4 Å². The molecule has 0 radical (unpaired) electrons. The van der Waals surface area contributed by atoms with Crippen molar-refractivity contribution in [1.82, 2.24) is 9.88 Å². The predicted octanol–water partition coefficient (Wildman–Crippen LogP) is 5.74. The topological polar surface area (TPSA) is 75.0 Å². The molecule has 2 atom stereocenters. The van der Waals surface area contributed by atoms with Gasteiger partial charge in [0, 0.05) is 23.9 Å². The standard InChI is InChI=1S/C22H35N3O3S/c1-22(2,3)19-13-16(10-11-25(19)21(26)27)20-23-18(14-29-20)17(24-28-4)12-15-8-6-5-7-9-15/h14-16,19H,5-13H2,1-4H3,(H,26,27). The minimum Gasteiger partial charge on any atom is -0.465 e. The Kier molecular flexibility index (Phi) is 7.19. The largest absolute Gasteiger partial charge is 0.465 e. The van der Waals surface area contributed by atoms with Crippen LogP contribution in [-0.4, -0.2) is 46.5 Å². The Labute approximate surface area is 178 Å². The van der Waals surface area contributed by atoms with Gasteiger partial charge in [0.2, 0.25) is 0 Å². The van der Waals surface area contributed by atoms with Gasteiger partial charge >= 0.3 is 6.09 Å². The number of aromatic nitrogens is 1. The fourth-order valence-electron chi connectivity index (χ4n) is 4.81. The second-order valence-electron chi connectivity index (χ2n) is 9.58. The number of piperidine rings is 1. The van der Waals surface area contributed by atoms with Crippen molar-refractivity contribution in [3.05, 3.63) is 16.1 Å². The van der Waals surface area contributed by atoms with Crippen LogP contribution >= 0.6 is 11.3 Å². The third kappa shape index (κ3) is 5.50.